The number of carbonyl (C=O) groups is 1. The van der Waals surface area contributed by atoms with Crippen molar-refractivity contribution in [2.75, 3.05) is 5.32 Å². The van der Waals surface area contributed by atoms with Crippen molar-refractivity contribution in [3.05, 3.63) is 59.9 Å². The molecule has 1 heterocycles. The third kappa shape index (κ3) is 3.04. The van der Waals surface area contributed by atoms with Gasteiger partial charge in [-0.15, -0.1) is 0 Å². The molecule has 17 heavy (non-hydrogen) atoms. The highest BCUT2D eigenvalue weighted by atomic mass is 16.4. The van der Waals surface area contributed by atoms with Crippen LogP contribution in [-0.4, -0.2) is 16.1 Å². The fraction of sp³-hybridized carbons (Fsp3) is 0.0769. The lowest BCUT2D eigenvalue weighted by molar-refractivity contribution is 0.0690. The van der Waals surface area contributed by atoms with Crippen LogP contribution in [-0.2, 0) is 6.54 Å². The van der Waals surface area contributed by atoms with Crippen LogP contribution in [0.25, 0.3) is 0 Å². The second-order valence-corrected chi connectivity index (χ2v) is 3.58. The predicted octanol–water partition coefficient (Wildman–Crippen LogP) is 2.39. The minimum Gasteiger partial charge on any atom is -0.477 e. The second kappa shape index (κ2) is 5.12. The van der Waals surface area contributed by atoms with Crippen LogP contribution in [0.15, 0.2) is 48.7 Å². The third-order valence-electron chi connectivity index (χ3n) is 2.31. The van der Waals surface area contributed by atoms with Crippen LogP contribution in [0, 0.1) is 0 Å². The van der Waals surface area contributed by atoms with Crippen LogP contribution in [0.3, 0.4) is 0 Å². The van der Waals surface area contributed by atoms with E-state index in [0.717, 1.165) is 11.3 Å². The minimum absolute atomic E-state index is 0.0634. The number of nitrogens with one attached hydrogen (secondary N) is 1. The molecule has 0 aliphatic rings. The van der Waals surface area contributed by atoms with Gasteiger partial charge in [0.05, 0.1) is 0 Å². The maximum Gasteiger partial charge on any atom is 0.354 e. The SMILES string of the molecule is O=C(O)c1ccc(CNc2ccccc2)cn1. The van der Waals surface area contributed by atoms with Gasteiger partial charge in [0, 0.05) is 18.4 Å². The van der Waals surface area contributed by atoms with Gasteiger partial charge in [-0.3, -0.25) is 0 Å². The average Bonchev–Trinajstić information content (AvgIpc) is 2.38. The fourth-order valence-electron chi connectivity index (χ4n) is 1.42. The normalized spacial score (nSPS) is 9.88. The fourth-order valence-corrected chi connectivity index (χ4v) is 1.42. The second-order valence-electron chi connectivity index (χ2n) is 3.58. The summed E-state index contributed by atoms with van der Waals surface area (Å²) in [5, 5.41) is 11.9. The summed E-state index contributed by atoms with van der Waals surface area (Å²) in [4.78, 5) is 14.5. The van der Waals surface area contributed by atoms with E-state index in [1.54, 1.807) is 12.3 Å². The van der Waals surface area contributed by atoms with Crippen molar-refractivity contribution >= 4 is 11.7 Å². The molecule has 2 rings (SSSR count). The van der Waals surface area contributed by atoms with Gasteiger partial charge in [-0.2, -0.15) is 0 Å². The van der Waals surface area contributed by atoms with E-state index in [1.165, 1.54) is 6.07 Å². The average molecular weight is 228 g/mol. The third-order valence-corrected chi connectivity index (χ3v) is 2.31. The number of rotatable bonds is 4. The lowest BCUT2D eigenvalue weighted by Gasteiger charge is -2.05. The van der Waals surface area contributed by atoms with E-state index >= 15 is 0 Å². The standard InChI is InChI=1S/C13H12N2O2/c16-13(17)12-7-6-10(9-15-12)8-14-11-4-2-1-3-5-11/h1-7,9,14H,8H2,(H,16,17). The molecule has 86 valence electrons. The first-order valence-corrected chi connectivity index (χ1v) is 5.23. The Balaban J connectivity index is 1.98. The predicted molar refractivity (Wildman–Crippen MR) is 65.0 cm³/mol. The zero-order chi connectivity index (χ0) is 12.1. The molecule has 2 N–H and O–H groups in total. The smallest absolute Gasteiger partial charge is 0.354 e. The Morgan fingerprint density at radius 2 is 1.94 bits per heavy atom. The quantitative estimate of drug-likeness (QED) is 0.843. The summed E-state index contributed by atoms with van der Waals surface area (Å²) >= 11 is 0. The Hall–Kier alpha value is -2.36. The Morgan fingerprint density at radius 1 is 1.18 bits per heavy atom. The Labute approximate surface area is 98.9 Å². The topological polar surface area (TPSA) is 62.2 Å². The van der Waals surface area contributed by atoms with Crippen molar-refractivity contribution in [3.8, 4) is 0 Å². The Morgan fingerprint density at radius 3 is 2.53 bits per heavy atom. The van der Waals surface area contributed by atoms with Crippen LogP contribution in [0.4, 0.5) is 5.69 Å². The number of aromatic nitrogens is 1. The molecule has 0 radical (unpaired) electrons. The summed E-state index contributed by atoms with van der Waals surface area (Å²) in [5.74, 6) is -1.01. The number of pyridine rings is 1. The van der Waals surface area contributed by atoms with Gasteiger partial charge in [0.25, 0.3) is 0 Å². The Kier molecular flexibility index (Phi) is 3.35. The lowest BCUT2D eigenvalue weighted by atomic mass is 10.2. The first kappa shape index (κ1) is 11.1. The van der Waals surface area contributed by atoms with Gasteiger partial charge in [0.15, 0.2) is 0 Å². The van der Waals surface area contributed by atoms with Crippen molar-refractivity contribution in [1.82, 2.24) is 4.98 Å². The van der Waals surface area contributed by atoms with Crippen LogP contribution in [0.5, 0.6) is 0 Å². The van der Waals surface area contributed by atoms with Gasteiger partial charge in [0.1, 0.15) is 5.69 Å². The zero-order valence-corrected chi connectivity index (χ0v) is 9.13. The van der Waals surface area contributed by atoms with Crippen molar-refractivity contribution in [1.29, 1.82) is 0 Å². The molecule has 0 atom stereocenters. The first-order chi connectivity index (χ1) is 8.25. The number of hydrogen-bond donors (Lipinski definition) is 2. The van der Waals surface area contributed by atoms with Crippen LogP contribution >= 0.6 is 0 Å². The zero-order valence-electron chi connectivity index (χ0n) is 9.13. The monoisotopic (exact) mass is 228 g/mol. The number of hydrogen-bond acceptors (Lipinski definition) is 3. The molecule has 1 aromatic heterocycles. The molecule has 0 spiro atoms. The summed E-state index contributed by atoms with van der Waals surface area (Å²) < 4.78 is 0. The highest BCUT2D eigenvalue weighted by Crippen LogP contribution is 2.08. The van der Waals surface area contributed by atoms with E-state index in [2.05, 4.69) is 10.3 Å². The molecule has 0 amide bonds. The number of aromatic carboxylic acids is 1. The van der Waals surface area contributed by atoms with Crippen LogP contribution in [0.1, 0.15) is 16.1 Å². The van der Waals surface area contributed by atoms with Crippen LogP contribution < -0.4 is 5.32 Å². The van der Waals surface area contributed by atoms with Gasteiger partial charge in [-0.05, 0) is 23.8 Å². The molecule has 0 saturated heterocycles. The maximum atomic E-state index is 10.6. The van der Waals surface area contributed by atoms with Crippen LogP contribution in [0.2, 0.25) is 0 Å². The maximum absolute atomic E-state index is 10.6. The largest absolute Gasteiger partial charge is 0.477 e. The molecule has 0 bridgehead atoms. The van der Waals surface area contributed by atoms with Gasteiger partial charge in [0.2, 0.25) is 0 Å². The van der Waals surface area contributed by atoms with E-state index in [-0.39, 0.29) is 5.69 Å². The van der Waals surface area contributed by atoms with E-state index < -0.39 is 5.97 Å². The van der Waals surface area contributed by atoms with E-state index in [1.807, 2.05) is 30.3 Å². The molecule has 0 saturated carbocycles. The Bertz CT molecular complexity index is 495. The molecule has 0 unspecified atom stereocenters. The molecule has 4 heteroatoms. The molecule has 0 fully saturated rings. The first-order valence-electron chi connectivity index (χ1n) is 5.23. The molecule has 2 aromatic rings. The van der Waals surface area contributed by atoms with Crippen molar-refractivity contribution in [2.24, 2.45) is 0 Å². The summed E-state index contributed by atoms with van der Waals surface area (Å²) in [6, 6.07) is 13.1. The highest BCUT2D eigenvalue weighted by Gasteiger charge is 2.03. The number of carboxylic acids is 1. The summed E-state index contributed by atoms with van der Waals surface area (Å²) in [6.07, 6.45) is 1.57. The van der Waals surface area contributed by atoms with E-state index in [9.17, 15) is 4.79 Å². The molecular weight excluding hydrogens is 216 g/mol. The van der Waals surface area contributed by atoms with Gasteiger partial charge in [-0.1, -0.05) is 24.3 Å². The van der Waals surface area contributed by atoms with E-state index in [0.29, 0.717) is 6.54 Å². The minimum atomic E-state index is -1.01. The number of para-hydroxylation sites is 1. The van der Waals surface area contributed by atoms with Crippen molar-refractivity contribution < 1.29 is 9.90 Å². The summed E-state index contributed by atoms with van der Waals surface area (Å²) in [6.45, 7) is 0.622. The van der Waals surface area contributed by atoms with E-state index in [4.69, 9.17) is 5.11 Å². The van der Waals surface area contributed by atoms with Gasteiger partial charge < -0.3 is 10.4 Å². The number of anilines is 1. The molecular formula is C13H12N2O2. The van der Waals surface area contributed by atoms with Crippen molar-refractivity contribution in [2.45, 2.75) is 6.54 Å². The highest BCUT2D eigenvalue weighted by molar-refractivity contribution is 5.85. The number of carboxylic acid groups (broad SMARTS) is 1. The number of nitrogens with zero attached hydrogens (tertiary/aromatic N) is 1. The van der Waals surface area contributed by atoms with Gasteiger partial charge >= 0.3 is 5.97 Å². The number of benzene rings is 1. The molecule has 4 nitrogen and oxygen atoms in total. The summed E-state index contributed by atoms with van der Waals surface area (Å²) in [7, 11) is 0. The van der Waals surface area contributed by atoms with Crippen molar-refractivity contribution in [3.63, 3.8) is 0 Å². The molecule has 0 aliphatic carbocycles. The molecule has 0 aliphatic heterocycles. The lowest BCUT2D eigenvalue weighted by Crippen LogP contribution is -2.03. The van der Waals surface area contributed by atoms with Gasteiger partial charge in [-0.25, -0.2) is 9.78 Å². The molecule has 1 aromatic carbocycles. The summed E-state index contributed by atoms with van der Waals surface area (Å²) in [5.41, 5.74) is 2.03.